The molecule has 2 heterocycles. The lowest BCUT2D eigenvalue weighted by molar-refractivity contribution is 0.338. The Balaban J connectivity index is 1.84. The predicted octanol–water partition coefficient (Wildman–Crippen LogP) is 2.39. The van der Waals surface area contributed by atoms with Crippen molar-refractivity contribution in [2.75, 3.05) is 25.9 Å². The normalized spacial score (nSPS) is 16.3. The number of likely N-dealkylation sites (tertiary alicyclic amines) is 1. The summed E-state index contributed by atoms with van der Waals surface area (Å²) in [7, 11) is 0. The second-order valence-corrected chi connectivity index (χ2v) is 7.27. The Labute approximate surface area is 143 Å². The Hall–Kier alpha value is -1.24. The molecule has 1 aliphatic heterocycles. The van der Waals surface area contributed by atoms with Crippen LogP contribution < -0.4 is 5.73 Å². The second-order valence-electron chi connectivity index (χ2n) is 6.50. The molecule has 7 heteroatoms. The number of hydrogen-bond donors (Lipinski definition) is 1. The third-order valence-corrected chi connectivity index (χ3v) is 4.70. The van der Waals surface area contributed by atoms with E-state index in [0.29, 0.717) is 11.9 Å². The molecule has 6 nitrogen and oxygen atoms in total. The minimum Gasteiger partial charge on any atom is -0.370 e. The fraction of sp³-hybridized carbons (Fsp3) is 0.812. The van der Waals surface area contributed by atoms with Crippen LogP contribution in [0.15, 0.2) is 10.1 Å². The molecule has 2 rings (SSSR count). The van der Waals surface area contributed by atoms with Crippen molar-refractivity contribution < 1.29 is 0 Å². The van der Waals surface area contributed by atoms with Gasteiger partial charge >= 0.3 is 0 Å². The van der Waals surface area contributed by atoms with Crippen molar-refractivity contribution in [1.82, 2.24) is 19.7 Å². The monoisotopic (exact) mass is 338 g/mol. The quantitative estimate of drug-likeness (QED) is 0.358. The average Bonchev–Trinajstić information content (AvgIpc) is 2.93. The van der Waals surface area contributed by atoms with Crippen molar-refractivity contribution in [2.24, 2.45) is 16.6 Å². The molecular formula is C16H30N6S. The van der Waals surface area contributed by atoms with Gasteiger partial charge in [-0.05, 0) is 37.9 Å². The maximum absolute atomic E-state index is 6.09. The Kier molecular flexibility index (Phi) is 7.20. The molecule has 130 valence electrons. The molecule has 2 N–H and O–H groups in total. The van der Waals surface area contributed by atoms with Crippen LogP contribution in [-0.2, 0) is 13.0 Å². The minimum atomic E-state index is 0.586. The maximum atomic E-state index is 6.09. The van der Waals surface area contributed by atoms with E-state index in [1.165, 1.54) is 19.3 Å². The predicted molar refractivity (Wildman–Crippen MR) is 96.9 cm³/mol. The third kappa shape index (κ3) is 5.41. The van der Waals surface area contributed by atoms with Crippen LogP contribution in [0.25, 0.3) is 0 Å². The van der Waals surface area contributed by atoms with Crippen LogP contribution in [0, 0.1) is 5.92 Å². The van der Waals surface area contributed by atoms with E-state index in [4.69, 9.17) is 5.73 Å². The molecule has 0 atom stereocenters. The van der Waals surface area contributed by atoms with Gasteiger partial charge in [-0.2, -0.15) is 0 Å². The number of guanidine groups is 1. The zero-order valence-electron chi connectivity index (χ0n) is 14.7. The van der Waals surface area contributed by atoms with Crippen molar-refractivity contribution in [3.8, 4) is 0 Å². The largest absolute Gasteiger partial charge is 0.370 e. The van der Waals surface area contributed by atoms with Gasteiger partial charge in [0.05, 0.1) is 0 Å². The Morgan fingerprint density at radius 3 is 2.65 bits per heavy atom. The molecular weight excluding hydrogens is 308 g/mol. The Bertz CT molecular complexity index is 505. The first-order valence-electron chi connectivity index (χ1n) is 8.62. The summed E-state index contributed by atoms with van der Waals surface area (Å²) in [6, 6.07) is 0. The van der Waals surface area contributed by atoms with E-state index >= 15 is 0 Å². The molecule has 0 saturated carbocycles. The lowest BCUT2D eigenvalue weighted by atomic mass is 10.1. The summed E-state index contributed by atoms with van der Waals surface area (Å²) >= 11 is 1.66. The number of hydrogen-bond acceptors (Lipinski definition) is 4. The van der Waals surface area contributed by atoms with E-state index in [2.05, 4.69) is 38.5 Å². The van der Waals surface area contributed by atoms with Gasteiger partial charge in [0, 0.05) is 32.6 Å². The first-order chi connectivity index (χ1) is 11.1. The van der Waals surface area contributed by atoms with Gasteiger partial charge in [0.1, 0.15) is 5.82 Å². The van der Waals surface area contributed by atoms with Crippen LogP contribution >= 0.6 is 11.8 Å². The van der Waals surface area contributed by atoms with Crippen molar-refractivity contribution in [1.29, 1.82) is 0 Å². The van der Waals surface area contributed by atoms with Gasteiger partial charge in [0.25, 0.3) is 0 Å². The van der Waals surface area contributed by atoms with Crippen molar-refractivity contribution in [3.63, 3.8) is 0 Å². The molecule has 0 radical (unpaired) electrons. The molecule has 1 aromatic rings. The minimum absolute atomic E-state index is 0.586. The molecule has 0 spiro atoms. The summed E-state index contributed by atoms with van der Waals surface area (Å²) in [4.78, 5) is 6.74. The average molecular weight is 339 g/mol. The highest BCUT2D eigenvalue weighted by Gasteiger charge is 2.13. The van der Waals surface area contributed by atoms with E-state index in [0.717, 1.165) is 50.0 Å². The van der Waals surface area contributed by atoms with E-state index in [1.54, 1.807) is 11.8 Å². The zero-order valence-corrected chi connectivity index (χ0v) is 15.5. The SMILES string of the molecule is CSc1nnc(CCCN=C(N)N2CCCCC2)n1CC(C)C. The van der Waals surface area contributed by atoms with Gasteiger partial charge in [-0.3, -0.25) is 4.99 Å². The molecule has 0 unspecified atom stereocenters. The lowest BCUT2D eigenvalue weighted by Gasteiger charge is -2.27. The van der Waals surface area contributed by atoms with E-state index in [-0.39, 0.29) is 0 Å². The fourth-order valence-electron chi connectivity index (χ4n) is 2.86. The van der Waals surface area contributed by atoms with Gasteiger partial charge in [-0.1, -0.05) is 25.6 Å². The number of rotatable bonds is 7. The molecule has 1 aliphatic rings. The molecule has 0 aliphatic carbocycles. The molecule has 1 fully saturated rings. The molecule has 1 aromatic heterocycles. The van der Waals surface area contributed by atoms with Gasteiger partial charge < -0.3 is 15.2 Å². The topological polar surface area (TPSA) is 72.3 Å². The van der Waals surface area contributed by atoms with Crippen LogP contribution in [0.3, 0.4) is 0 Å². The number of aromatic nitrogens is 3. The van der Waals surface area contributed by atoms with E-state index in [9.17, 15) is 0 Å². The highest BCUT2D eigenvalue weighted by Crippen LogP contribution is 2.16. The zero-order chi connectivity index (χ0) is 16.7. The number of nitrogens with zero attached hydrogens (tertiary/aromatic N) is 5. The number of thioether (sulfide) groups is 1. The fourth-order valence-corrected chi connectivity index (χ4v) is 3.38. The number of aliphatic imine (C=N–C) groups is 1. The summed E-state index contributed by atoms with van der Waals surface area (Å²) in [6.07, 6.45) is 7.68. The molecule has 0 amide bonds. The van der Waals surface area contributed by atoms with Crippen molar-refractivity contribution >= 4 is 17.7 Å². The van der Waals surface area contributed by atoms with Crippen molar-refractivity contribution in [2.45, 2.75) is 57.7 Å². The van der Waals surface area contributed by atoms with Crippen LogP contribution in [0.2, 0.25) is 0 Å². The van der Waals surface area contributed by atoms with Crippen molar-refractivity contribution in [3.05, 3.63) is 5.82 Å². The van der Waals surface area contributed by atoms with Crippen LogP contribution in [0.1, 0.15) is 45.4 Å². The van der Waals surface area contributed by atoms with Crippen LogP contribution in [0.4, 0.5) is 0 Å². The van der Waals surface area contributed by atoms with Gasteiger partial charge in [0.2, 0.25) is 0 Å². The number of piperidine rings is 1. The van der Waals surface area contributed by atoms with E-state index in [1.807, 2.05) is 6.26 Å². The molecule has 1 saturated heterocycles. The summed E-state index contributed by atoms with van der Waals surface area (Å²) in [5.74, 6) is 2.36. The summed E-state index contributed by atoms with van der Waals surface area (Å²) < 4.78 is 2.24. The summed E-state index contributed by atoms with van der Waals surface area (Å²) in [6.45, 7) is 8.27. The molecule has 23 heavy (non-hydrogen) atoms. The van der Waals surface area contributed by atoms with Crippen LogP contribution in [0.5, 0.6) is 0 Å². The van der Waals surface area contributed by atoms with Gasteiger partial charge in [-0.15, -0.1) is 10.2 Å². The van der Waals surface area contributed by atoms with E-state index < -0.39 is 0 Å². The van der Waals surface area contributed by atoms with Gasteiger partial charge in [0.15, 0.2) is 11.1 Å². The smallest absolute Gasteiger partial charge is 0.191 e. The summed E-state index contributed by atoms with van der Waals surface area (Å²) in [5, 5.41) is 9.64. The van der Waals surface area contributed by atoms with Crippen LogP contribution in [-0.4, -0.2) is 51.5 Å². The summed E-state index contributed by atoms with van der Waals surface area (Å²) in [5.41, 5.74) is 6.09. The highest BCUT2D eigenvalue weighted by molar-refractivity contribution is 7.98. The number of nitrogens with two attached hydrogens (primary N) is 1. The molecule has 0 bridgehead atoms. The maximum Gasteiger partial charge on any atom is 0.191 e. The third-order valence-electron chi connectivity index (χ3n) is 4.04. The first-order valence-corrected chi connectivity index (χ1v) is 9.85. The Morgan fingerprint density at radius 2 is 2.00 bits per heavy atom. The molecule has 0 aromatic carbocycles. The highest BCUT2D eigenvalue weighted by atomic mass is 32.2. The van der Waals surface area contributed by atoms with Gasteiger partial charge in [-0.25, -0.2) is 0 Å². The standard InChI is InChI=1S/C16H30N6S/c1-13(2)12-22-14(19-20-16(22)23-3)8-7-9-18-15(17)21-10-5-4-6-11-21/h13H,4-12H2,1-3H3,(H2,17,18). The first kappa shape index (κ1) is 18.1. The lowest BCUT2D eigenvalue weighted by Crippen LogP contribution is -2.40. The Morgan fingerprint density at radius 1 is 1.26 bits per heavy atom. The second kappa shape index (κ2) is 9.15. The number of aryl methyl sites for hydroxylation is 1.